The summed E-state index contributed by atoms with van der Waals surface area (Å²) in [5.41, 5.74) is 1.84. The number of nitrogens with zero attached hydrogens (tertiary/aromatic N) is 2. The third-order valence-corrected chi connectivity index (χ3v) is 3.59. The highest BCUT2D eigenvalue weighted by atomic mass is 32.1. The van der Waals surface area contributed by atoms with E-state index >= 15 is 0 Å². The zero-order valence-electron chi connectivity index (χ0n) is 10.2. The summed E-state index contributed by atoms with van der Waals surface area (Å²) < 4.78 is 0. The van der Waals surface area contributed by atoms with Gasteiger partial charge in [-0.3, -0.25) is 4.79 Å². The molecule has 1 aromatic carbocycles. The molecule has 0 bridgehead atoms. The van der Waals surface area contributed by atoms with E-state index in [0.29, 0.717) is 4.88 Å². The topological polar surface area (TPSA) is 53.8 Å². The van der Waals surface area contributed by atoms with Crippen LogP contribution in [0.15, 0.2) is 30.5 Å². The van der Waals surface area contributed by atoms with Gasteiger partial charge in [0.1, 0.15) is 5.92 Å². The summed E-state index contributed by atoms with van der Waals surface area (Å²) in [5, 5.41) is 10.0. The van der Waals surface area contributed by atoms with Crippen molar-refractivity contribution in [3.05, 3.63) is 51.5 Å². The molecule has 0 aliphatic carbocycles. The van der Waals surface area contributed by atoms with Gasteiger partial charge in [-0.1, -0.05) is 29.8 Å². The number of aromatic nitrogens is 1. The highest BCUT2D eigenvalue weighted by Gasteiger charge is 2.23. The standard InChI is InChI=1S/C14H12N2OS/c1-9-3-5-11(6-4-9)12(7-15)14(17)13-8-16-10(2)18-13/h3-6,8,12H,1-2H3. The fraction of sp³-hybridized carbons (Fsp3) is 0.214. The minimum absolute atomic E-state index is 0.174. The fourth-order valence-electron chi connectivity index (χ4n) is 1.66. The van der Waals surface area contributed by atoms with Crippen LogP contribution in [0.2, 0.25) is 0 Å². The van der Waals surface area contributed by atoms with Crippen LogP contribution >= 0.6 is 11.3 Å². The molecule has 1 unspecified atom stereocenters. The first-order valence-corrected chi connectivity index (χ1v) is 6.36. The van der Waals surface area contributed by atoms with Crippen molar-refractivity contribution in [2.24, 2.45) is 0 Å². The van der Waals surface area contributed by atoms with Crippen molar-refractivity contribution < 1.29 is 4.79 Å². The summed E-state index contributed by atoms with van der Waals surface area (Å²) in [6, 6.07) is 9.55. The Kier molecular flexibility index (Phi) is 3.54. The summed E-state index contributed by atoms with van der Waals surface area (Å²) in [6.07, 6.45) is 1.54. The maximum atomic E-state index is 12.2. The predicted octanol–water partition coefficient (Wildman–Crippen LogP) is 3.25. The number of Topliss-reactive ketones (excluding diaryl/α,β-unsaturated/α-hetero) is 1. The minimum Gasteiger partial charge on any atom is -0.291 e. The Hall–Kier alpha value is -1.99. The van der Waals surface area contributed by atoms with Crippen LogP contribution in [0.4, 0.5) is 0 Å². The SMILES string of the molecule is Cc1ccc(C(C#N)C(=O)c2cnc(C)s2)cc1. The van der Waals surface area contributed by atoms with Crippen molar-refractivity contribution in [3.8, 4) is 6.07 Å². The Balaban J connectivity index is 2.32. The summed E-state index contributed by atoms with van der Waals surface area (Å²) in [6.45, 7) is 3.81. The zero-order chi connectivity index (χ0) is 13.1. The predicted molar refractivity (Wildman–Crippen MR) is 70.7 cm³/mol. The van der Waals surface area contributed by atoms with Gasteiger partial charge in [-0.25, -0.2) is 4.98 Å². The van der Waals surface area contributed by atoms with E-state index in [1.165, 1.54) is 11.3 Å². The van der Waals surface area contributed by atoms with Crippen LogP contribution in [-0.2, 0) is 0 Å². The van der Waals surface area contributed by atoms with E-state index in [4.69, 9.17) is 0 Å². The second-order valence-electron chi connectivity index (χ2n) is 4.08. The van der Waals surface area contributed by atoms with Crippen LogP contribution in [0.5, 0.6) is 0 Å². The normalized spacial score (nSPS) is 11.8. The number of hydrogen-bond acceptors (Lipinski definition) is 4. The van der Waals surface area contributed by atoms with Crippen LogP contribution in [-0.4, -0.2) is 10.8 Å². The van der Waals surface area contributed by atoms with Crippen molar-refractivity contribution in [2.75, 3.05) is 0 Å². The van der Waals surface area contributed by atoms with Gasteiger partial charge >= 0.3 is 0 Å². The third-order valence-electron chi connectivity index (χ3n) is 2.67. The molecule has 0 N–H and O–H groups in total. The largest absolute Gasteiger partial charge is 0.291 e. The Bertz CT molecular complexity index is 607. The first kappa shape index (κ1) is 12.5. The van der Waals surface area contributed by atoms with E-state index in [1.54, 1.807) is 6.20 Å². The van der Waals surface area contributed by atoms with Crippen molar-refractivity contribution in [1.29, 1.82) is 5.26 Å². The van der Waals surface area contributed by atoms with Crippen molar-refractivity contribution in [3.63, 3.8) is 0 Å². The number of nitriles is 1. The van der Waals surface area contributed by atoms with Crippen LogP contribution in [0, 0.1) is 25.2 Å². The molecule has 2 rings (SSSR count). The molecule has 1 atom stereocenters. The number of hydrogen-bond donors (Lipinski definition) is 0. The maximum absolute atomic E-state index is 12.2. The molecule has 2 aromatic rings. The van der Waals surface area contributed by atoms with Gasteiger partial charge in [-0.05, 0) is 19.4 Å². The maximum Gasteiger partial charge on any atom is 0.195 e. The highest BCUT2D eigenvalue weighted by Crippen LogP contribution is 2.23. The molecule has 1 aromatic heterocycles. The molecule has 0 aliphatic heterocycles. The van der Waals surface area contributed by atoms with E-state index in [2.05, 4.69) is 11.1 Å². The molecular weight excluding hydrogens is 244 g/mol. The van der Waals surface area contributed by atoms with Gasteiger partial charge in [0.05, 0.1) is 16.0 Å². The number of aryl methyl sites for hydroxylation is 2. The number of benzene rings is 1. The average Bonchev–Trinajstić information content (AvgIpc) is 2.79. The molecule has 4 heteroatoms. The first-order valence-electron chi connectivity index (χ1n) is 5.54. The average molecular weight is 256 g/mol. The molecule has 0 fully saturated rings. The summed E-state index contributed by atoms with van der Waals surface area (Å²) >= 11 is 1.33. The number of thiazole rings is 1. The molecule has 0 aliphatic rings. The Morgan fingerprint density at radius 3 is 2.50 bits per heavy atom. The Morgan fingerprint density at radius 1 is 1.33 bits per heavy atom. The molecule has 18 heavy (non-hydrogen) atoms. The number of carbonyl (C=O) groups excluding carboxylic acids is 1. The van der Waals surface area contributed by atoms with Gasteiger partial charge < -0.3 is 0 Å². The molecule has 0 amide bonds. The quantitative estimate of drug-likeness (QED) is 0.792. The van der Waals surface area contributed by atoms with E-state index < -0.39 is 5.92 Å². The second kappa shape index (κ2) is 5.11. The second-order valence-corrected chi connectivity index (χ2v) is 5.32. The molecule has 3 nitrogen and oxygen atoms in total. The molecule has 90 valence electrons. The minimum atomic E-state index is -0.745. The van der Waals surface area contributed by atoms with Crippen molar-refractivity contribution in [2.45, 2.75) is 19.8 Å². The van der Waals surface area contributed by atoms with Gasteiger partial charge in [0.25, 0.3) is 0 Å². The molecule has 0 spiro atoms. The highest BCUT2D eigenvalue weighted by molar-refractivity contribution is 7.13. The Labute approximate surface area is 110 Å². The van der Waals surface area contributed by atoms with Crippen LogP contribution < -0.4 is 0 Å². The van der Waals surface area contributed by atoms with E-state index in [1.807, 2.05) is 38.1 Å². The van der Waals surface area contributed by atoms with Crippen LogP contribution in [0.3, 0.4) is 0 Å². The van der Waals surface area contributed by atoms with Gasteiger partial charge in [0.2, 0.25) is 0 Å². The van der Waals surface area contributed by atoms with E-state index in [9.17, 15) is 10.1 Å². The summed E-state index contributed by atoms with van der Waals surface area (Å²) in [7, 11) is 0. The third kappa shape index (κ3) is 2.47. The summed E-state index contributed by atoms with van der Waals surface area (Å²) in [5.74, 6) is -0.919. The lowest BCUT2D eigenvalue weighted by Gasteiger charge is -2.07. The van der Waals surface area contributed by atoms with Gasteiger partial charge in [-0.15, -0.1) is 11.3 Å². The lowest BCUT2D eigenvalue weighted by molar-refractivity contribution is 0.0982. The first-order chi connectivity index (χ1) is 8.61. The smallest absolute Gasteiger partial charge is 0.195 e. The zero-order valence-corrected chi connectivity index (χ0v) is 11.0. The molecule has 0 saturated heterocycles. The summed E-state index contributed by atoms with van der Waals surface area (Å²) in [4.78, 5) is 16.8. The van der Waals surface area contributed by atoms with Crippen molar-refractivity contribution in [1.82, 2.24) is 4.98 Å². The van der Waals surface area contributed by atoms with Gasteiger partial charge in [0.15, 0.2) is 5.78 Å². The molecule has 0 radical (unpaired) electrons. The van der Waals surface area contributed by atoms with Crippen LogP contribution in [0.1, 0.15) is 31.7 Å². The molecule has 0 saturated carbocycles. The van der Waals surface area contributed by atoms with Gasteiger partial charge in [-0.2, -0.15) is 5.26 Å². The lowest BCUT2D eigenvalue weighted by atomic mass is 9.95. The number of carbonyl (C=O) groups is 1. The number of rotatable bonds is 3. The van der Waals surface area contributed by atoms with Crippen molar-refractivity contribution >= 4 is 17.1 Å². The molecular formula is C14H12N2OS. The monoisotopic (exact) mass is 256 g/mol. The fourth-order valence-corrected chi connectivity index (χ4v) is 2.41. The Morgan fingerprint density at radius 2 is 2.00 bits per heavy atom. The van der Waals surface area contributed by atoms with Gasteiger partial charge in [0, 0.05) is 6.20 Å². The lowest BCUT2D eigenvalue weighted by Crippen LogP contribution is -2.09. The van der Waals surface area contributed by atoms with E-state index in [-0.39, 0.29) is 5.78 Å². The van der Waals surface area contributed by atoms with E-state index in [0.717, 1.165) is 16.1 Å². The molecule has 1 heterocycles. The van der Waals surface area contributed by atoms with Crippen LogP contribution in [0.25, 0.3) is 0 Å². The number of ketones is 1.